The lowest BCUT2D eigenvalue weighted by Crippen LogP contribution is -2.44. The number of hydrogen-bond acceptors (Lipinski definition) is 4. The van der Waals surface area contributed by atoms with Crippen LogP contribution in [0.2, 0.25) is 18.1 Å². The Kier molecular flexibility index (Phi) is 8.11. The number of carbonyl (C=O) groups excluding carboxylic acids is 1. The van der Waals surface area contributed by atoms with Gasteiger partial charge >= 0.3 is 5.97 Å². The number of benzene rings is 1. The van der Waals surface area contributed by atoms with Crippen molar-refractivity contribution in [2.24, 2.45) is 5.41 Å². The Hall–Kier alpha value is -1.33. The van der Waals surface area contributed by atoms with Gasteiger partial charge in [-0.15, -0.1) is 0 Å². The fraction of sp³-hybridized carbons (Fsp3) is 0.682. The predicted molar refractivity (Wildman–Crippen MR) is 117 cm³/mol. The van der Waals surface area contributed by atoms with Crippen LogP contribution in [0.4, 0.5) is 5.69 Å². The van der Waals surface area contributed by atoms with Gasteiger partial charge in [-0.1, -0.05) is 53.7 Å². The Morgan fingerprint density at radius 2 is 1.63 bits per heavy atom. The molecule has 0 amide bonds. The third-order valence-electron chi connectivity index (χ3n) is 5.18. The Balaban J connectivity index is 2.86. The molecule has 0 aliphatic rings. The van der Waals surface area contributed by atoms with Crippen molar-refractivity contribution in [3.8, 4) is 0 Å². The van der Waals surface area contributed by atoms with Gasteiger partial charge in [0.1, 0.15) is 0 Å². The van der Waals surface area contributed by atoms with Gasteiger partial charge in [-0.05, 0) is 48.2 Å². The fourth-order valence-corrected chi connectivity index (χ4v) is 3.97. The van der Waals surface area contributed by atoms with Gasteiger partial charge < -0.3 is 14.5 Å². The van der Waals surface area contributed by atoms with Crippen LogP contribution in [0.3, 0.4) is 0 Å². The minimum Gasteiger partial charge on any atom is -0.466 e. The van der Waals surface area contributed by atoms with Crippen molar-refractivity contribution in [1.82, 2.24) is 0 Å². The molecule has 0 aromatic heterocycles. The van der Waals surface area contributed by atoms with Crippen LogP contribution in [0.15, 0.2) is 24.3 Å². The molecule has 0 heterocycles. The molecule has 4 nitrogen and oxygen atoms in total. The first-order valence-corrected chi connectivity index (χ1v) is 12.9. The average molecular weight is 394 g/mol. The maximum atomic E-state index is 11.4. The minimum absolute atomic E-state index is 0.00831. The summed E-state index contributed by atoms with van der Waals surface area (Å²) < 4.78 is 11.7. The molecule has 0 saturated heterocycles. The molecule has 1 aromatic rings. The zero-order valence-corrected chi connectivity index (χ0v) is 19.7. The summed E-state index contributed by atoms with van der Waals surface area (Å²) in [5, 5.41) is 3.45. The van der Waals surface area contributed by atoms with Crippen molar-refractivity contribution in [2.45, 2.75) is 79.1 Å². The lowest BCUT2D eigenvalue weighted by Gasteiger charge is -2.43. The van der Waals surface area contributed by atoms with Crippen LogP contribution in [0.5, 0.6) is 0 Å². The summed E-state index contributed by atoms with van der Waals surface area (Å²) in [5.41, 5.74) is 2.21. The topological polar surface area (TPSA) is 47.6 Å². The van der Waals surface area contributed by atoms with E-state index < -0.39 is 8.32 Å². The molecule has 27 heavy (non-hydrogen) atoms. The molecule has 5 heteroatoms. The Bertz CT molecular complexity index is 597. The highest BCUT2D eigenvalue weighted by molar-refractivity contribution is 6.74. The maximum absolute atomic E-state index is 11.4. The van der Waals surface area contributed by atoms with Gasteiger partial charge in [0.2, 0.25) is 0 Å². The van der Waals surface area contributed by atoms with Gasteiger partial charge in [0.25, 0.3) is 0 Å². The number of esters is 1. The lowest BCUT2D eigenvalue weighted by atomic mass is 9.85. The van der Waals surface area contributed by atoms with Crippen LogP contribution in [0.25, 0.3) is 0 Å². The summed E-state index contributed by atoms with van der Waals surface area (Å²) in [6.07, 6.45) is 0.418. The van der Waals surface area contributed by atoms with Gasteiger partial charge in [-0.25, -0.2) is 0 Å². The third-order valence-corrected chi connectivity index (χ3v) is 9.62. The first-order chi connectivity index (χ1) is 12.3. The Morgan fingerprint density at radius 3 is 2.07 bits per heavy atom. The SMILES string of the molecule is CCOC(=O)CCNc1ccc(C(O[Si](C)(C)C(C)(C)C)C(C)(C)C)cc1. The molecule has 0 bridgehead atoms. The predicted octanol–water partition coefficient (Wildman–Crippen LogP) is 6.16. The van der Waals surface area contributed by atoms with Crippen molar-refractivity contribution in [2.75, 3.05) is 18.5 Å². The molecule has 1 unspecified atom stereocenters. The van der Waals surface area contributed by atoms with Crippen LogP contribution in [0.1, 0.15) is 66.6 Å². The molecule has 154 valence electrons. The molecule has 0 spiro atoms. The van der Waals surface area contributed by atoms with Gasteiger partial charge in [0.05, 0.1) is 19.1 Å². The van der Waals surface area contributed by atoms with Crippen LogP contribution < -0.4 is 5.32 Å². The summed E-state index contributed by atoms with van der Waals surface area (Å²) in [6, 6.07) is 8.40. The Labute approximate surface area is 167 Å². The van der Waals surface area contributed by atoms with E-state index in [1.165, 1.54) is 5.56 Å². The molecular formula is C22H39NO3Si. The van der Waals surface area contributed by atoms with E-state index in [1.54, 1.807) is 0 Å². The highest BCUT2D eigenvalue weighted by atomic mass is 28.4. The average Bonchev–Trinajstić information content (AvgIpc) is 2.52. The zero-order valence-electron chi connectivity index (χ0n) is 18.7. The molecular weight excluding hydrogens is 354 g/mol. The normalized spacial score (nSPS) is 14.0. The van der Waals surface area contributed by atoms with Crippen molar-refractivity contribution >= 4 is 20.0 Å². The van der Waals surface area contributed by atoms with E-state index in [1.807, 2.05) is 6.92 Å². The van der Waals surface area contributed by atoms with Gasteiger partial charge in [-0.3, -0.25) is 4.79 Å². The maximum Gasteiger partial charge on any atom is 0.307 e. The van der Waals surface area contributed by atoms with Gasteiger partial charge in [0.15, 0.2) is 8.32 Å². The number of rotatable bonds is 8. The first kappa shape index (κ1) is 23.7. The molecule has 1 aromatic carbocycles. The highest BCUT2D eigenvalue weighted by Gasteiger charge is 2.42. The number of nitrogens with one attached hydrogen (secondary N) is 1. The monoisotopic (exact) mass is 393 g/mol. The molecule has 0 fully saturated rings. The quantitative estimate of drug-likeness (QED) is 0.424. The van der Waals surface area contributed by atoms with E-state index in [0.717, 1.165) is 5.69 Å². The highest BCUT2D eigenvalue weighted by Crippen LogP contribution is 2.45. The minimum atomic E-state index is -1.88. The first-order valence-electron chi connectivity index (χ1n) is 9.95. The van der Waals surface area contributed by atoms with E-state index in [2.05, 4.69) is 84.2 Å². The van der Waals surface area contributed by atoms with E-state index in [0.29, 0.717) is 19.6 Å². The Morgan fingerprint density at radius 1 is 1.07 bits per heavy atom. The van der Waals surface area contributed by atoms with E-state index >= 15 is 0 Å². The second kappa shape index (κ2) is 9.24. The molecule has 0 aliphatic heterocycles. The summed E-state index contributed by atoms with van der Waals surface area (Å²) in [4.78, 5) is 11.4. The molecule has 0 aliphatic carbocycles. The second-order valence-electron chi connectivity index (χ2n) is 9.73. The van der Waals surface area contributed by atoms with Crippen molar-refractivity contribution < 1.29 is 14.0 Å². The van der Waals surface area contributed by atoms with Crippen molar-refractivity contribution in [3.63, 3.8) is 0 Å². The largest absolute Gasteiger partial charge is 0.466 e. The number of anilines is 1. The fourth-order valence-electron chi connectivity index (χ4n) is 2.53. The summed E-state index contributed by atoms with van der Waals surface area (Å²) in [5.74, 6) is -0.169. The summed E-state index contributed by atoms with van der Waals surface area (Å²) >= 11 is 0. The van der Waals surface area contributed by atoms with Crippen LogP contribution >= 0.6 is 0 Å². The smallest absolute Gasteiger partial charge is 0.307 e. The number of hydrogen-bond donors (Lipinski definition) is 1. The number of ether oxygens (including phenoxy) is 1. The van der Waals surface area contributed by atoms with E-state index in [-0.39, 0.29) is 22.5 Å². The van der Waals surface area contributed by atoms with E-state index in [4.69, 9.17) is 9.16 Å². The molecule has 1 rings (SSSR count). The molecule has 0 radical (unpaired) electrons. The van der Waals surface area contributed by atoms with Gasteiger partial charge in [-0.2, -0.15) is 0 Å². The second-order valence-corrected chi connectivity index (χ2v) is 14.5. The molecule has 1 atom stereocenters. The molecule has 1 N–H and O–H groups in total. The lowest BCUT2D eigenvalue weighted by molar-refractivity contribution is -0.142. The van der Waals surface area contributed by atoms with Gasteiger partial charge in [0, 0.05) is 12.2 Å². The third kappa shape index (κ3) is 7.30. The zero-order chi connectivity index (χ0) is 20.9. The molecule has 0 saturated carbocycles. The van der Waals surface area contributed by atoms with Crippen molar-refractivity contribution in [3.05, 3.63) is 29.8 Å². The van der Waals surface area contributed by atoms with Crippen LogP contribution in [0, 0.1) is 5.41 Å². The van der Waals surface area contributed by atoms with Crippen LogP contribution in [-0.4, -0.2) is 27.4 Å². The summed E-state index contributed by atoms with van der Waals surface area (Å²) in [6.45, 7) is 20.9. The number of carbonyl (C=O) groups is 1. The van der Waals surface area contributed by atoms with Crippen LogP contribution in [-0.2, 0) is 14.0 Å². The van der Waals surface area contributed by atoms with E-state index in [9.17, 15) is 4.79 Å². The standard InChI is InChI=1S/C22H39NO3Si/c1-10-25-19(24)15-16-23-18-13-11-17(12-14-18)20(21(2,3)4)26-27(8,9)22(5,6)7/h11-14,20,23H,10,15-16H2,1-9H3. The summed E-state index contributed by atoms with van der Waals surface area (Å²) in [7, 11) is -1.88. The van der Waals surface area contributed by atoms with Crippen molar-refractivity contribution in [1.29, 1.82) is 0 Å².